The number of aliphatic hydroxyl groups is 1. The maximum atomic E-state index is 9.40. The fraction of sp³-hybridized carbons (Fsp3) is 0.100. The number of nitrogens with zero attached hydrogens (tertiary/aromatic N) is 4. The second kappa shape index (κ2) is 7.61. The van der Waals surface area contributed by atoms with Gasteiger partial charge in [-0.1, -0.05) is 24.3 Å². The third kappa shape index (κ3) is 3.55. The fourth-order valence-electron chi connectivity index (χ4n) is 2.81. The number of hydrazone groups is 1. The summed E-state index contributed by atoms with van der Waals surface area (Å²) < 4.78 is 0.947. The van der Waals surface area contributed by atoms with Gasteiger partial charge in [-0.25, -0.2) is 9.97 Å². The first-order valence-corrected chi connectivity index (χ1v) is 9.21. The molecule has 0 amide bonds. The summed E-state index contributed by atoms with van der Waals surface area (Å²) in [4.78, 5) is 14.0. The van der Waals surface area contributed by atoms with Crippen LogP contribution in [0.1, 0.15) is 16.7 Å². The number of anilines is 1. The summed E-state index contributed by atoms with van der Waals surface area (Å²) in [6.07, 6.45) is 6.70. The molecule has 3 heterocycles. The van der Waals surface area contributed by atoms with Gasteiger partial charge in [-0.15, -0.1) is 11.3 Å². The zero-order valence-electron chi connectivity index (χ0n) is 14.6. The Morgan fingerprint density at radius 2 is 2.15 bits per heavy atom. The minimum Gasteiger partial charge on any atom is -0.392 e. The zero-order valence-corrected chi connectivity index (χ0v) is 15.4. The molecule has 0 atom stereocenters. The number of rotatable bonds is 5. The molecule has 0 bridgehead atoms. The molecule has 0 aliphatic carbocycles. The number of nitrogens with one attached hydrogen (secondary N) is 1. The number of thiophene rings is 1. The first kappa shape index (κ1) is 17.3. The molecule has 27 heavy (non-hydrogen) atoms. The summed E-state index contributed by atoms with van der Waals surface area (Å²) >= 11 is 1.61. The Kier molecular flexibility index (Phi) is 4.86. The fourth-order valence-corrected chi connectivity index (χ4v) is 4.01. The summed E-state index contributed by atoms with van der Waals surface area (Å²) in [5.41, 5.74) is 7.85. The number of aliphatic hydroxyl groups excluding tert-OH is 1. The molecule has 4 aromatic rings. The first-order chi connectivity index (χ1) is 13.3. The van der Waals surface area contributed by atoms with Crippen molar-refractivity contribution in [2.45, 2.75) is 13.5 Å². The maximum absolute atomic E-state index is 9.40. The molecule has 0 unspecified atom stereocenters. The number of fused-ring (bicyclic) bond motifs is 1. The van der Waals surface area contributed by atoms with Crippen molar-refractivity contribution in [3.8, 4) is 10.4 Å². The topological polar surface area (TPSA) is 83.3 Å². The molecule has 0 aliphatic heterocycles. The van der Waals surface area contributed by atoms with E-state index in [1.54, 1.807) is 29.9 Å². The molecular formula is C20H17N5OS. The summed E-state index contributed by atoms with van der Waals surface area (Å²) in [7, 11) is 0. The van der Waals surface area contributed by atoms with Crippen LogP contribution in [0.15, 0.2) is 60.2 Å². The van der Waals surface area contributed by atoms with Crippen LogP contribution >= 0.6 is 11.3 Å². The molecule has 0 radical (unpaired) electrons. The van der Waals surface area contributed by atoms with Crippen molar-refractivity contribution in [3.05, 3.63) is 71.8 Å². The van der Waals surface area contributed by atoms with E-state index in [4.69, 9.17) is 0 Å². The lowest BCUT2D eigenvalue weighted by Crippen LogP contribution is -1.94. The Morgan fingerprint density at radius 1 is 1.22 bits per heavy atom. The van der Waals surface area contributed by atoms with Gasteiger partial charge in [-0.2, -0.15) is 5.10 Å². The second-order valence-electron chi connectivity index (χ2n) is 5.97. The molecule has 0 aliphatic rings. The molecule has 0 saturated carbocycles. The Balaban J connectivity index is 1.70. The molecule has 1 aromatic carbocycles. The lowest BCUT2D eigenvalue weighted by atomic mass is 10.1. The molecule has 2 N–H and O–H groups in total. The van der Waals surface area contributed by atoms with Gasteiger partial charge in [0.2, 0.25) is 0 Å². The number of aryl methyl sites for hydroxylation is 1. The average molecular weight is 375 g/mol. The van der Waals surface area contributed by atoms with Gasteiger partial charge in [0.1, 0.15) is 6.33 Å². The molecule has 6 nitrogen and oxygen atoms in total. The Morgan fingerprint density at radius 3 is 2.96 bits per heavy atom. The monoisotopic (exact) mass is 375 g/mol. The van der Waals surface area contributed by atoms with E-state index in [0.717, 1.165) is 37.3 Å². The van der Waals surface area contributed by atoms with E-state index < -0.39 is 0 Å². The second-order valence-corrected chi connectivity index (χ2v) is 6.99. The predicted molar refractivity (Wildman–Crippen MR) is 109 cm³/mol. The van der Waals surface area contributed by atoms with Crippen molar-refractivity contribution in [1.29, 1.82) is 0 Å². The van der Waals surface area contributed by atoms with Gasteiger partial charge in [0.15, 0.2) is 5.82 Å². The number of hydrogen-bond acceptors (Lipinski definition) is 7. The number of hydrogen-bond donors (Lipinski definition) is 2. The largest absolute Gasteiger partial charge is 0.392 e. The van der Waals surface area contributed by atoms with Gasteiger partial charge in [-0.3, -0.25) is 10.4 Å². The first-order valence-electron chi connectivity index (χ1n) is 8.39. The lowest BCUT2D eigenvalue weighted by molar-refractivity contribution is 0.282. The Labute approximate surface area is 160 Å². The van der Waals surface area contributed by atoms with Gasteiger partial charge >= 0.3 is 0 Å². The summed E-state index contributed by atoms with van der Waals surface area (Å²) in [6.45, 7) is 2.07. The van der Waals surface area contributed by atoms with Crippen LogP contribution in [-0.4, -0.2) is 26.3 Å². The maximum Gasteiger partial charge on any atom is 0.167 e. The van der Waals surface area contributed by atoms with Crippen molar-refractivity contribution >= 4 is 33.6 Å². The highest BCUT2D eigenvalue weighted by atomic mass is 32.1. The predicted octanol–water partition coefficient (Wildman–Crippen LogP) is 4.00. The summed E-state index contributed by atoms with van der Waals surface area (Å²) in [5, 5.41) is 13.7. The highest BCUT2D eigenvalue weighted by molar-refractivity contribution is 7.23. The van der Waals surface area contributed by atoms with Gasteiger partial charge in [-0.05, 0) is 35.7 Å². The van der Waals surface area contributed by atoms with Crippen LogP contribution in [0.4, 0.5) is 5.82 Å². The van der Waals surface area contributed by atoms with Gasteiger partial charge in [0, 0.05) is 22.8 Å². The molecular weight excluding hydrogens is 358 g/mol. The van der Waals surface area contributed by atoms with Crippen molar-refractivity contribution < 1.29 is 5.11 Å². The molecule has 4 rings (SSSR count). The van der Waals surface area contributed by atoms with Crippen LogP contribution in [0, 0.1) is 6.92 Å². The Hall–Kier alpha value is -3.16. The average Bonchev–Trinajstić information content (AvgIpc) is 3.06. The SMILES string of the molecule is Cc1c(-c2cccc(CO)c2)sc2c(N/N=C/c3cccnc3)ncnc12. The smallest absolute Gasteiger partial charge is 0.167 e. The van der Waals surface area contributed by atoms with Crippen LogP contribution < -0.4 is 5.43 Å². The van der Waals surface area contributed by atoms with E-state index in [1.165, 1.54) is 6.33 Å². The lowest BCUT2D eigenvalue weighted by Gasteiger charge is -2.02. The third-order valence-electron chi connectivity index (χ3n) is 4.14. The molecule has 7 heteroatoms. The molecule has 0 spiro atoms. The van der Waals surface area contributed by atoms with Crippen LogP contribution in [0.2, 0.25) is 0 Å². The van der Waals surface area contributed by atoms with Crippen LogP contribution in [0.3, 0.4) is 0 Å². The minimum absolute atomic E-state index is 0.0213. The number of pyridine rings is 1. The number of benzene rings is 1. The summed E-state index contributed by atoms with van der Waals surface area (Å²) in [5.74, 6) is 0.665. The zero-order chi connectivity index (χ0) is 18.6. The van der Waals surface area contributed by atoms with Gasteiger partial charge in [0.05, 0.1) is 23.0 Å². The number of aromatic nitrogens is 3. The molecule has 0 saturated heterocycles. The van der Waals surface area contributed by atoms with Gasteiger partial charge < -0.3 is 5.11 Å². The van der Waals surface area contributed by atoms with E-state index in [0.29, 0.717) is 5.82 Å². The Bertz CT molecular complexity index is 1110. The van der Waals surface area contributed by atoms with Crippen molar-refractivity contribution in [3.63, 3.8) is 0 Å². The van der Waals surface area contributed by atoms with Crippen molar-refractivity contribution in [2.75, 3.05) is 5.43 Å². The van der Waals surface area contributed by atoms with E-state index in [2.05, 4.69) is 32.4 Å². The highest BCUT2D eigenvalue weighted by Gasteiger charge is 2.15. The molecule has 3 aromatic heterocycles. The van der Waals surface area contributed by atoms with E-state index >= 15 is 0 Å². The quantitative estimate of drug-likeness (QED) is 0.407. The molecule has 0 fully saturated rings. The van der Waals surface area contributed by atoms with Crippen LogP contribution in [0.25, 0.3) is 20.7 Å². The summed E-state index contributed by atoms with van der Waals surface area (Å²) in [6, 6.07) is 11.7. The third-order valence-corrected chi connectivity index (χ3v) is 5.48. The van der Waals surface area contributed by atoms with Crippen molar-refractivity contribution in [2.24, 2.45) is 5.10 Å². The van der Waals surface area contributed by atoms with E-state index in [-0.39, 0.29) is 6.61 Å². The van der Waals surface area contributed by atoms with Crippen molar-refractivity contribution in [1.82, 2.24) is 15.0 Å². The highest BCUT2D eigenvalue weighted by Crippen LogP contribution is 2.39. The van der Waals surface area contributed by atoms with E-state index in [1.807, 2.05) is 36.4 Å². The molecule has 134 valence electrons. The normalized spacial score (nSPS) is 11.3. The van der Waals surface area contributed by atoms with E-state index in [9.17, 15) is 5.11 Å². The van der Waals surface area contributed by atoms with Crippen LogP contribution in [0.5, 0.6) is 0 Å². The standard InChI is InChI=1S/C20H17N5OS/c1-13-17-19(27-18(13)16-6-2-4-14(8-16)11-26)20(23-12-22-17)25-24-10-15-5-3-7-21-9-15/h2-10,12,26H,11H2,1H3,(H,22,23,25)/b24-10+. The minimum atomic E-state index is 0.0213. The van der Waals surface area contributed by atoms with Crippen LogP contribution in [-0.2, 0) is 6.61 Å². The van der Waals surface area contributed by atoms with Gasteiger partial charge in [0.25, 0.3) is 0 Å².